The molecule has 0 aliphatic carbocycles. The van der Waals surface area contributed by atoms with Crippen LogP contribution in [0.5, 0.6) is 0 Å². The Hall–Kier alpha value is -2.64. The van der Waals surface area contributed by atoms with Gasteiger partial charge < -0.3 is 20.1 Å². The van der Waals surface area contributed by atoms with Crippen molar-refractivity contribution in [3.8, 4) is 0 Å². The van der Waals surface area contributed by atoms with E-state index in [0.717, 1.165) is 12.2 Å². The first-order valence-corrected chi connectivity index (χ1v) is 5.33. The molecule has 3 N–H and O–H groups in total. The van der Waals surface area contributed by atoms with Crippen molar-refractivity contribution in [2.75, 3.05) is 6.61 Å². The van der Waals surface area contributed by atoms with Gasteiger partial charge in [-0.3, -0.25) is 9.59 Å². The van der Waals surface area contributed by atoms with Crippen molar-refractivity contribution < 1.29 is 39.2 Å². The molecule has 1 atom stereocenters. The summed E-state index contributed by atoms with van der Waals surface area (Å²) in [6.07, 6.45) is 1.27. The van der Waals surface area contributed by atoms with Gasteiger partial charge in [0.05, 0.1) is 18.9 Å². The molecule has 0 aliphatic rings. The molecule has 0 spiro atoms. The van der Waals surface area contributed by atoms with Crippen molar-refractivity contribution in [3.05, 3.63) is 25.3 Å². The summed E-state index contributed by atoms with van der Waals surface area (Å²) in [5, 5.41) is 24.6. The van der Waals surface area contributed by atoms with Crippen molar-refractivity contribution in [3.63, 3.8) is 0 Å². The van der Waals surface area contributed by atoms with Crippen LogP contribution in [0, 0.1) is 5.92 Å². The second-order valence-corrected chi connectivity index (χ2v) is 3.34. The van der Waals surface area contributed by atoms with E-state index in [0.29, 0.717) is 0 Å². The molecule has 20 heavy (non-hydrogen) atoms. The molecule has 0 saturated heterocycles. The molecule has 0 bridgehead atoms. The first kappa shape index (κ1) is 19.7. The van der Waals surface area contributed by atoms with Gasteiger partial charge in [0.2, 0.25) is 0 Å². The topological polar surface area (TPSA) is 138 Å². The third-order valence-corrected chi connectivity index (χ3v) is 1.82. The zero-order valence-corrected chi connectivity index (χ0v) is 10.7. The van der Waals surface area contributed by atoms with Gasteiger partial charge in [-0.1, -0.05) is 13.2 Å². The Morgan fingerprint density at radius 3 is 1.85 bits per heavy atom. The molecule has 8 nitrogen and oxygen atoms in total. The quantitative estimate of drug-likeness (QED) is 0.434. The number of ether oxygens (including phenoxy) is 1. The highest BCUT2D eigenvalue weighted by Crippen LogP contribution is 2.09. The summed E-state index contributed by atoms with van der Waals surface area (Å²) in [6.45, 7) is 5.99. The molecular formula is C12H16O8. The van der Waals surface area contributed by atoms with Crippen molar-refractivity contribution in [2.24, 2.45) is 5.92 Å². The minimum Gasteiger partial charge on any atom is -0.481 e. The molecule has 0 aliphatic heterocycles. The van der Waals surface area contributed by atoms with Crippen LogP contribution in [0.2, 0.25) is 0 Å². The molecule has 0 saturated carbocycles. The lowest BCUT2D eigenvalue weighted by atomic mass is 10.0. The van der Waals surface area contributed by atoms with E-state index in [2.05, 4.69) is 17.9 Å². The highest BCUT2D eigenvalue weighted by atomic mass is 16.5. The lowest BCUT2D eigenvalue weighted by molar-refractivity contribution is -0.150. The largest absolute Gasteiger partial charge is 0.481 e. The van der Waals surface area contributed by atoms with Crippen LogP contribution in [0.4, 0.5) is 0 Å². The van der Waals surface area contributed by atoms with Crippen LogP contribution in [-0.2, 0) is 23.9 Å². The van der Waals surface area contributed by atoms with Crippen LogP contribution in [0.3, 0.4) is 0 Å². The van der Waals surface area contributed by atoms with Gasteiger partial charge in [0.15, 0.2) is 0 Å². The Morgan fingerprint density at radius 2 is 1.55 bits per heavy atom. The van der Waals surface area contributed by atoms with Crippen LogP contribution in [0.25, 0.3) is 0 Å². The number of carbonyl (C=O) groups excluding carboxylic acids is 1. The normalized spacial score (nSPS) is 10.2. The lowest BCUT2D eigenvalue weighted by Crippen LogP contribution is -2.20. The van der Waals surface area contributed by atoms with Crippen molar-refractivity contribution >= 4 is 23.9 Å². The molecule has 0 fully saturated rings. The van der Waals surface area contributed by atoms with Gasteiger partial charge in [-0.2, -0.15) is 0 Å². The summed E-state index contributed by atoms with van der Waals surface area (Å²) in [5.74, 6) is -5.09. The fourth-order valence-electron chi connectivity index (χ4n) is 0.884. The zero-order valence-electron chi connectivity index (χ0n) is 10.7. The predicted molar refractivity (Wildman–Crippen MR) is 67.0 cm³/mol. The second-order valence-electron chi connectivity index (χ2n) is 3.34. The summed E-state index contributed by atoms with van der Waals surface area (Å²) in [6, 6.07) is 0. The Kier molecular flexibility index (Phi) is 11.3. The number of aliphatic carboxylic acids is 3. The van der Waals surface area contributed by atoms with E-state index in [-0.39, 0.29) is 13.0 Å². The molecule has 0 aromatic heterocycles. The number of carbonyl (C=O) groups is 4. The Labute approximate surface area is 115 Å². The molecule has 8 heteroatoms. The molecule has 0 radical (unpaired) electrons. The van der Waals surface area contributed by atoms with Crippen LogP contribution in [0.1, 0.15) is 12.8 Å². The third-order valence-electron chi connectivity index (χ3n) is 1.82. The maximum atomic E-state index is 10.6. The number of carboxylic acids is 3. The van der Waals surface area contributed by atoms with Crippen LogP contribution in [0.15, 0.2) is 25.3 Å². The molecule has 0 heterocycles. The Bertz CT molecular complexity index is 385. The first-order valence-electron chi connectivity index (χ1n) is 5.33. The van der Waals surface area contributed by atoms with Crippen LogP contribution in [-0.4, -0.2) is 45.8 Å². The van der Waals surface area contributed by atoms with E-state index in [1.165, 1.54) is 0 Å². The number of rotatable bonds is 8. The van der Waals surface area contributed by atoms with Crippen molar-refractivity contribution in [1.29, 1.82) is 0 Å². The van der Waals surface area contributed by atoms with E-state index in [9.17, 15) is 19.2 Å². The lowest BCUT2D eigenvalue weighted by Gasteiger charge is -2.08. The zero-order chi connectivity index (χ0) is 16.1. The minimum atomic E-state index is -1.22. The van der Waals surface area contributed by atoms with Gasteiger partial charge >= 0.3 is 23.9 Å². The van der Waals surface area contributed by atoms with Crippen molar-refractivity contribution in [2.45, 2.75) is 12.8 Å². The maximum absolute atomic E-state index is 10.6. The fraction of sp³-hybridized carbons (Fsp3) is 0.333. The Morgan fingerprint density at radius 1 is 1.05 bits per heavy atom. The summed E-state index contributed by atoms with van der Waals surface area (Å²) in [4.78, 5) is 40.7. The standard InChI is InChI=1S/C9H12O6.C3H4O2/c1-2-8(12)15-4-3-6(9(13)14)5-7(10)11;1-2-3(4)5/h2,6H,1,3-5H2,(H,10,11)(H,13,14);2H,1H2,(H,4,5). The Balaban J connectivity index is 0. The number of esters is 1. The van der Waals surface area contributed by atoms with E-state index in [4.69, 9.17) is 15.3 Å². The van der Waals surface area contributed by atoms with Gasteiger partial charge in [0, 0.05) is 12.2 Å². The van der Waals surface area contributed by atoms with E-state index < -0.39 is 36.2 Å². The smallest absolute Gasteiger partial charge is 0.330 e. The molecule has 1 unspecified atom stereocenters. The molecule has 0 aromatic rings. The fourth-order valence-corrected chi connectivity index (χ4v) is 0.884. The maximum Gasteiger partial charge on any atom is 0.330 e. The monoisotopic (exact) mass is 288 g/mol. The highest BCUT2D eigenvalue weighted by molar-refractivity contribution is 5.81. The van der Waals surface area contributed by atoms with Crippen molar-refractivity contribution in [1.82, 2.24) is 0 Å². The van der Waals surface area contributed by atoms with Crippen LogP contribution < -0.4 is 0 Å². The predicted octanol–water partition coefficient (Wildman–Crippen LogP) is 0.538. The number of carboxylic acid groups (broad SMARTS) is 3. The summed E-state index contributed by atoms with van der Waals surface area (Å²) in [5.41, 5.74) is 0. The second kappa shape index (κ2) is 11.5. The molecule has 0 aromatic carbocycles. The van der Waals surface area contributed by atoms with Gasteiger partial charge in [0.1, 0.15) is 0 Å². The molecule has 112 valence electrons. The molecule has 0 rings (SSSR count). The van der Waals surface area contributed by atoms with Gasteiger partial charge in [-0.25, -0.2) is 9.59 Å². The minimum absolute atomic E-state index is 0.0266. The van der Waals surface area contributed by atoms with Crippen LogP contribution >= 0.6 is 0 Å². The van der Waals surface area contributed by atoms with E-state index >= 15 is 0 Å². The molecular weight excluding hydrogens is 272 g/mol. The average Bonchev–Trinajstić information content (AvgIpc) is 2.37. The molecule has 0 amide bonds. The van der Waals surface area contributed by atoms with Gasteiger partial charge in [-0.05, 0) is 6.42 Å². The van der Waals surface area contributed by atoms with Gasteiger partial charge in [-0.15, -0.1) is 0 Å². The summed E-state index contributed by atoms with van der Waals surface area (Å²) < 4.78 is 4.54. The van der Waals surface area contributed by atoms with E-state index in [1.807, 2.05) is 0 Å². The first-order chi connectivity index (χ1) is 9.24. The number of hydrogen-bond donors (Lipinski definition) is 3. The van der Waals surface area contributed by atoms with Gasteiger partial charge in [0.25, 0.3) is 0 Å². The van der Waals surface area contributed by atoms with E-state index in [1.54, 1.807) is 0 Å². The average molecular weight is 288 g/mol. The summed E-state index contributed by atoms with van der Waals surface area (Å²) >= 11 is 0. The SMILES string of the molecule is C=CC(=O)O.C=CC(=O)OCCC(CC(=O)O)C(=O)O. The number of hydrogen-bond acceptors (Lipinski definition) is 5. The summed E-state index contributed by atoms with van der Waals surface area (Å²) in [7, 11) is 0. The highest BCUT2D eigenvalue weighted by Gasteiger charge is 2.20. The third kappa shape index (κ3) is 13.4.